The van der Waals surface area contributed by atoms with Crippen molar-refractivity contribution in [2.75, 3.05) is 13.2 Å². The normalized spacial score (nSPS) is 21.3. The summed E-state index contributed by atoms with van der Waals surface area (Å²) in [6, 6.07) is 18.0. The van der Waals surface area contributed by atoms with E-state index in [0.29, 0.717) is 24.3 Å². The van der Waals surface area contributed by atoms with Gasteiger partial charge in [0.05, 0.1) is 11.0 Å². The zero-order valence-corrected chi connectivity index (χ0v) is 17.6. The van der Waals surface area contributed by atoms with Crippen LogP contribution in [0.2, 0.25) is 0 Å². The molecule has 5 rings (SSSR count). The van der Waals surface area contributed by atoms with Gasteiger partial charge in [-0.2, -0.15) is 0 Å². The van der Waals surface area contributed by atoms with E-state index in [1.165, 1.54) is 11.3 Å². The molecule has 3 atom stereocenters. The molecular formula is C24H22N2O4S. The van der Waals surface area contributed by atoms with Crippen LogP contribution in [0.1, 0.15) is 21.7 Å². The number of rotatable bonds is 5. The number of Topliss-reactive ketones (excluding diaryl/α,β-unsaturated/α-hetero) is 1. The molecule has 1 aromatic heterocycles. The zero-order valence-electron chi connectivity index (χ0n) is 16.8. The lowest BCUT2D eigenvalue weighted by Crippen LogP contribution is -2.53. The third-order valence-electron chi connectivity index (χ3n) is 5.93. The van der Waals surface area contributed by atoms with E-state index in [9.17, 15) is 14.4 Å². The number of ether oxygens (including phenoxy) is 1. The first-order valence-corrected chi connectivity index (χ1v) is 11.2. The van der Waals surface area contributed by atoms with Crippen LogP contribution in [-0.2, 0) is 20.7 Å². The Morgan fingerprint density at radius 2 is 1.90 bits per heavy atom. The van der Waals surface area contributed by atoms with Gasteiger partial charge in [0.15, 0.2) is 5.78 Å². The lowest BCUT2D eigenvalue weighted by atomic mass is 10.0. The molecule has 2 aromatic carbocycles. The van der Waals surface area contributed by atoms with Crippen molar-refractivity contribution >= 4 is 39.0 Å². The SMILES string of the molecule is O=C(N[C@@H](Cc1ccccc1)C(=O)N1CCC2OCC(=O)C21)c1cc2ccccc2s1. The molecular weight excluding hydrogens is 412 g/mol. The van der Waals surface area contributed by atoms with Gasteiger partial charge in [0.1, 0.15) is 18.7 Å². The molecule has 2 fully saturated rings. The lowest BCUT2D eigenvalue weighted by Gasteiger charge is -2.27. The summed E-state index contributed by atoms with van der Waals surface area (Å²) in [6.07, 6.45) is 0.774. The summed E-state index contributed by atoms with van der Waals surface area (Å²) in [5.74, 6) is -0.574. The van der Waals surface area contributed by atoms with E-state index in [1.807, 2.05) is 60.7 Å². The molecule has 0 aliphatic carbocycles. The summed E-state index contributed by atoms with van der Waals surface area (Å²) in [5.41, 5.74) is 0.947. The Kier molecular flexibility index (Phi) is 5.29. The van der Waals surface area contributed by atoms with E-state index < -0.39 is 12.1 Å². The molecule has 2 saturated heterocycles. The summed E-state index contributed by atoms with van der Waals surface area (Å²) >= 11 is 1.40. The van der Waals surface area contributed by atoms with Crippen molar-refractivity contribution < 1.29 is 19.1 Å². The molecule has 158 valence electrons. The predicted octanol–water partition coefficient (Wildman–Crippen LogP) is 2.81. The molecule has 0 saturated carbocycles. The number of thiophene rings is 1. The van der Waals surface area contributed by atoms with Gasteiger partial charge in [-0.1, -0.05) is 48.5 Å². The summed E-state index contributed by atoms with van der Waals surface area (Å²) in [4.78, 5) is 41.0. The van der Waals surface area contributed by atoms with E-state index in [1.54, 1.807) is 4.90 Å². The fraction of sp³-hybridized carbons (Fsp3) is 0.292. The summed E-state index contributed by atoms with van der Waals surface area (Å²) in [6.45, 7) is 0.514. The van der Waals surface area contributed by atoms with Crippen LogP contribution in [0.5, 0.6) is 0 Å². The number of carbonyl (C=O) groups is 3. The molecule has 1 N–H and O–H groups in total. The Morgan fingerprint density at radius 3 is 2.71 bits per heavy atom. The van der Waals surface area contributed by atoms with Crippen LogP contribution in [0.25, 0.3) is 10.1 Å². The Balaban J connectivity index is 1.40. The van der Waals surface area contributed by atoms with Crippen molar-refractivity contribution in [2.45, 2.75) is 31.0 Å². The van der Waals surface area contributed by atoms with Crippen LogP contribution in [0.15, 0.2) is 60.7 Å². The van der Waals surface area contributed by atoms with Crippen LogP contribution in [0.3, 0.4) is 0 Å². The third kappa shape index (κ3) is 3.86. The third-order valence-corrected chi connectivity index (χ3v) is 7.05. The quantitative estimate of drug-likeness (QED) is 0.670. The summed E-state index contributed by atoms with van der Waals surface area (Å²) < 4.78 is 6.55. The Morgan fingerprint density at radius 1 is 1.13 bits per heavy atom. The second-order valence-electron chi connectivity index (χ2n) is 7.95. The molecule has 2 aliphatic rings. The van der Waals surface area contributed by atoms with Gasteiger partial charge in [-0.3, -0.25) is 14.4 Å². The van der Waals surface area contributed by atoms with Gasteiger partial charge >= 0.3 is 0 Å². The molecule has 0 radical (unpaired) electrons. The van der Waals surface area contributed by atoms with Crippen LogP contribution in [-0.4, -0.2) is 53.8 Å². The smallest absolute Gasteiger partial charge is 0.262 e. The maximum absolute atomic E-state index is 13.5. The van der Waals surface area contributed by atoms with E-state index >= 15 is 0 Å². The van der Waals surface area contributed by atoms with Gasteiger partial charge in [0, 0.05) is 17.7 Å². The van der Waals surface area contributed by atoms with Crippen molar-refractivity contribution in [1.82, 2.24) is 10.2 Å². The number of hydrogen-bond donors (Lipinski definition) is 1. The van der Waals surface area contributed by atoms with Crippen molar-refractivity contribution in [1.29, 1.82) is 0 Å². The van der Waals surface area contributed by atoms with Gasteiger partial charge in [-0.25, -0.2) is 0 Å². The minimum atomic E-state index is -0.757. The molecule has 6 nitrogen and oxygen atoms in total. The molecule has 2 amide bonds. The Labute approximate surface area is 183 Å². The number of carbonyl (C=O) groups excluding carboxylic acids is 3. The summed E-state index contributed by atoms with van der Waals surface area (Å²) in [5, 5.41) is 3.94. The Bertz CT molecular complexity index is 1110. The first kappa shape index (κ1) is 19.9. The highest BCUT2D eigenvalue weighted by molar-refractivity contribution is 7.20. The maximum atomic E-state index is 13.5. The molecule has 7 heteroatoms. The number of likely N-dealkylation sites (tertiary alicyclic amines) is 1. The molecule has 2 aliphatic heterocycles. The first-order chi connectivity index (χ1) is 15.1. The van der Waals surface area contributed by atoms with E-state index in [-0.39, 0.29) is 30.3 Å². The fourth-order valence-corrected chi connectivity index (χ4v) is 5.38. The monoisotopic (exact) mass is 434 g/mol. The lowest BCUT2D eigenvalue weighted by molar-refractivity contribution is -0.138. The second kappa shape index (κ2) is 8.24. The van der Waals surface area contributed by atoms with Crippen molar-refractivity contribution in [2.24, 2.45) is 0 Å². The average Bonchev–Trinajstić information content (AvgIpc) is 3.49. The van der Waals surface area contributed by atoms with Gasteiger partial charge in [0.25, 0.3) is 5.91 Å². The predicted molar refractivity (Wildman–Crippen MR) is 118 cm³/mol. The topological polar surface area (TPSA) is 75.7 Å². The van der Waals surface area contributed by atoms with Crippen molar-refractivity contribution in [3.8, 4) is 0 Å². The first-order valence-electron chi connectivity index (χ1n) is 10.4. The highest BCUT2D eigenvalue weighted by atomic mass is 32.1. The van der Waals surface area contributed by atoms with Gasteiger partial charge < -0.3 is 15.0 Å². The fourth-order valence-electron chi connectivity index (χ4n) is 4.41. The second-order valence-corrected chi connectivity index (χ2v) is 9.03. The minimum Gasteiger partial charge on any atom is -0.368 e. The number of fused-ring (bicyclic) bond motifs is 2. The van der Waals surface area contributed by atoms with Gasteiger partial charge in [0.2, 0.25) is 5.91 Å². The van der Waals surface area contributed by atoms with Crippen molar-refractivity contribution in [3.05, 3.63) is 71.1 Å². The zero-order chi connectivity index (χ0) is 21.4. The van der Waals surface area contributed by atoms with Crippen LogP contribution < -0.4 is 5.32 Å². The van der Waals surface area contributed by atoms with Gasteiger partial charge in [-0.15, -0.1) is 11.3 Å². The van der Waals surface area contributed by atoms with Crippen LogP contribution in [0.4, 0.5) is 0 Å². The van der Waals surface area contributed by atoms with Crippen LogP contribution in [0, 0.1) is 0 Å². The maximum Gasteiger partial charge on any atom is 0.262 e. The van der Waals surface area contributed by atoms with Crippen molar-refractivity contribution in [3.63, 3.8) is 0 Å². The average molecular weight is 435 g/mol. The number of amides is 2. The standard InChI is InChI=1S/C24H22N2O4S/c27-18-14-30-19-10-11-26(22(18)19)24(29)17(12-15-6-2-1-3-7-15)25-23(28)21-13-16-8-4-5-9-20(16)31-21/h1-9,13,17,19,22H,10-12,14H2,(H,25,28)/t17-,19?,22?/m0/s1. The highest BCUT2D eigenvalue weighted by Gasteiger charge is 2.48. The number of ketones is 1. The molecule has 3 heterocycles. The van der Waals surface area contributed by atoms with Crippen LogP contribution >= 0.6 is 11.3 Å². The van der Waals surface area contributed by atoms with E-state index in [2.05, 4.69) is 5.32 Å². The number of nitrogens with one attached hydrogen (secondary N) is 1. The Hall–Kier alpha value is -3.03. The number of hydrogen-bond acceptors (Lipinski definition) is 5. The number of benzene rings is 2. The molecule has 0 bridgehead atoms. The molecule has 3 aromatic rings. The molecule has 0 spiro atoms. The largest absolute Gasteiger partial charge is 0.368 e. The molecule has 2 unspecified atom stereocenters. The number of nitrogens with zero attached hydrogens (tertiary/aromatic N) is 1. The minimum absolute atomic E-state index is 0.0522. The molecule has 31 heavy (non-hydrogen) atoms. The van der Waals surface area contributed by atoms with E-state index in [4.69, 9.17) is 4.74 Å². The summed E-state index contributed by atoms with van der Waals surface area (Å²) in [7, 11) is 0. The van der Waals surface area contributed by atoms with E-state index in [0.717, 1.165) is 15.6 Å². The van der Waals surface area contributed by atoms with Gasteiger partial charge in [-0.05, 0) is 29.5 Å². The highest BCUT2D eigenvalue weighted by Crippen LogP contribution is 2.28.